The third-order valence-corrected chi connectivity index (χ3v) is 2.25. The summed E-state index contributed by atoms with van der Waals surface area (Å²) in [6.07, 6.45) is 0.635. The van der Waals surface area contributed by atoms with Crippen molar-refractivity contribution in [3.05, 3.63) is 40.8 Å². The summed E-state index contributed by atoms with van der Waals surface area (Å²) in [5.41, 5.74) is 0.230. The van der Waals surface area contributed by atoms with E-state index in [2.05, 4.69) is 5.18 Å². The van der Waals surface area contributed by atoms with Crippen LogP contribution in [-0.4, -0.2) is 11.4 Å². The molecule has 0 aliphatic heterocycles. The van der Waals surface area contributed by atoms with Crippen LogP contribution in [0.5, 0.6) is 5.75 Å². The van der Waals surface area contributed by atoms with Crippen molar-refractivity contribution in [2.45, 2.75) is 0 Å². The number of fused-ring (bicyclic) bond motifs is 1. The number of carbonyl (C=O) groups excluding carboxylic acids is 1. The molecule has 0 spiro atoms. The molecule has 1 N–H and O–H groups in total. The van der Waals surface area contributed by atoms with Crippen LogP contribution in [0.1, 0.15) is 10.4 Å². The largest absolute Gasteiger partial charge is 0.505 e. The van der Waals surface area contributed by atoms with Crippen molar-refractivity contribution in [1.29, 1.82) is 0 Å². The van der Waals surface area contributed by atoms with Crippen molar-refractivity contribution in [2.75, 3.05) is 0 Å². The second-order valence-electron chi connectivity index (χ2n) is 3.09. The van der Waals surface area contributed by atoms with Gasteiger partial charge in [0.05, 0.1) is 0 Å². The number of phenolic OH excluding ortho intramolecular Hbond substituents is 1. The molecule has 0 aliphatic rings. The summed E-state index contributed by atoms with van der Waals surface area (Å²) in [5, 5.41) is 13.4. The maximum Gasteiger partial charge on any atom is 0.152 e. The number of rotatable bonds is 2. The smallest absolute Gasteiger partial charge is 0.152 e. The molecular weight excluding hydrogens is 194 g/mol. The van der Waals surface area contributed by atoms with Crippen molar-refractivity contribution in [1.82, 2.24) is 0 Å². The first-order chi connectivity index (χ1) is 7.27. The lowest BCUT2D eigenvalue weighted by Crippen LogP contribution is -1.84. The number of carbonyl (C=O) groups is 1. The standard InChI is InChI=1S/C11H7NO3/c13-6-7-5-10(12-15)11(14)9-4-2-1-3-8(7)9/h1-6,14H. The van der Waals surface area contributed by atoms with Gasteiger partial charge in [0.25, 0.3) is 0 Å². The van der Waals surface area contributed by atoms with Gasteiger partial charge in [0.2, 0.25) is 0 Å². The number of nitrogens with zero attached hydrogens (tertiary/aromatic N) is 1. The Morgan fingerprint density at radius 1 is 1.20 bits per heavy atom. The number of phenols is 1. The molecular formula is C11H7NO3. The highest BCUT2D eigenvalue weighted by Crippen LogP contribution is 2.36. The Hall–Kier alpha value is -2.23. The van der Waals surface area contributed by atoms with Crippen LogP contribution in [0.25, 0.3) is 10.8 Å². The van der Waals surface area contributed by atoms with Crippen LogP contribution in [0.4, 0.5) is 5.69 Å². The maximum atomic E-state index is 10.8. The molecule has 2 aromatic rings. The van der Waals surface area contributed by atoms with Gasteiger partial charge in [0, 0.05) is 10.9 Å². The Balaban J connectivity index is 2.96. The molecule has 0 bridgehead atoms. The molecule has 0 fully saturated rings. The predicted octanol–water partition coefficient (Wildman–Crippen LogP) is 2.76. The van der Waals surface area contributed by atoms with Crippen LogP contribution in [-0.2, 0) is 0 Å². The minimum absolute atomic E-state index is 0.115. The molecule has 4 heteroatoms. The molecule has 0 saturated carbocycles. The molecule has 0 amide bonds. The number of aromatic hydroxyl groups is 1. The quantitative estimate of drug-likeness (QED) is 0.600. The highest BCUT2D eigenvalue weighted by Gasteiger charge is 2.10. The SMILES string of the molecule is O=Cc1cc(N=O)c(O)c2ccccc12. The second kappa shape index (κ2) is 3.49. The first-order valence-corrected chi connectivity index (χ1v) is 4.31. The van der Waals surface area contributed by atoms with Crippen molar-refractivity contribution < 1.29 is 9.90 Å². The monoisotopic (exact) mass is 201 g/mol. The molecule has 4 nitrogen and oxygen atoms in total. The normalized spacial score (nSPS) is 10.1. The summed E-state index contributed by atoms with van der Waals surface area (Å²) in [5.74, 6) is -0.189. The average Bonchev–Trinajstić information content (AvgIpc) is 2.30. The van der Waals surface area contributed by atoms with Crippen LogP contribution >= 0.6 is 0 Å². The molecule has 74 valence electrons. The van der Waals surface area contributed by atoms with Crippen LogP contribution in [0.15, 0.2) is 35.5 Å². The Morgan fingerprint density at radius 2 is 1.87 bits per heavy atom. The van der Waals surface area contributed by atoms with Gasteiger partial charge >= 0.3 is 0 Å². The number of benzene rings is 2. The summed E-state index contributed by atoms with van der Waals surface area (Å²) >= 11 is 0. The van der Waals surface area contributed by atoms with E-state index in [4.69, 9.17) is 0 Å². The number of aldehydes is 1. The predicted molar refractivity (Wildman–Crippen MR) is 56.5 cm³/mol. The molecule has 0 atom stereocenters. The van der Waals surface area contributed by atoms with E-state index in [0.717, 1.165) is 0 Å². The van der Waals surface area contributed by atoms with Gasteiger partial charge in [-0.3, -0.25) is 4.79 Å². The third-order valence-electron chi connectivity index (χ3n) is 2.25. The minimum Gasteiger partial charge on any atom is -0.505 e. The van der Waals surface area contributed by atoms with E-state index >= 15 is 0 Å². The summed E-state index contributed by atoms with van der Waals surface area (Å²) in [7, 11) is 0. The van der Waals surface area contributed by atoms with Crippen molar-refractivity contribution >= 4 is 22.7 Å². The summed E-state index contributed by atoms with van der Waals surface area (Å²) < 4.78 is 0. The summed E-state index contributed by atoms with van der Waals surface area (Å²) in [6, 6.07) is 8.07. The molecule has 2 rings (SSSR count). The lowest BCUT2D eigenvalue weighted by Gasteiger charge is -2.04. The summed E-state index contributed by atoms with van der Waals surface area (Å²) in [4.78, 5) is 21.2. The zero-order chi connectivity index (χ0) is 10.8. The highest BCUT2D eigenvalue weighted by atomic mass is 16.3. The van der Waals surface area contributed by atoms with E-state index in [0.29, 0.717) is 22.6 Å². The average molecular weight is 201 g/mol. The van der Waals surface area contributed by atoms with E-state index in [1.54, 1.807) is 24.3 Å². The maximum absolute atomic E-state index is 10.8. The van der Waals surface area contributed by atoms with Gasteiger partial charge in [-0.25, -0.2) is 0 Å². The lowest BCUT2D eigenvalue weighted by atomic mass is 10.0. The molecule has 0 aromatic heterocycles. The van der Waals surface area contributed by atoms with Crippen molar-refractivity contribution in [3.63, 3.8) is 0 Å². The topological polar surface area (TPSA) is 66.7 Å². The third kappa shape index (κ3) is 1.36. The molecule has 0 saturated heterocycles. The van der Waals surface area contributed by atoms with E-state index in [1.165, 1.54) is 6.07 Å². The Bertz CT molecular complexity index is 549. The molecule has 15 heavy (non-hydrogen) atoms. The van der Waals surface area contributed by atoms with E-state index in [1.807, 2.05) is 0 Å². The number of hydrogen-bond donors (Lipinski definition) is 1. The van der Waals surface area contributed by atoms with Crippen molar-refractivity contribution in [3.8, 4) is 5.75 Å². The molecule has 0 unspecified atom stereocenters. The fraction of sp³-hybridized carbons (Fsp3) is 0. The van der Waals surface area contributed by atoms with Gasteiger partial charge in [-0.2, -0.15) is 0 Å². The Morgan fingerprint density at radius 3 is 2.47 bits per heavy atom. The number of nitroso groups, excluding NO2 is 1. The van der Waals surface area contributed by atoms with Crippen LogP contribution in [0.3, 0.4) is 0 Å². The zero-order valence-electron chi connectivity index (χ0n) is 7.68. The first kappa shape index (κ1) is 9.33. The van der Waals surface area contributed by atoms with Gasteiger partial charge in [-0.05, 0) is 16.6 Å². The van der Waals surface area contributed by atoms with Gasteiger partial charge in [-0.15, -0.1) is 4.91 Å². The first-order valence-electron chi connectivity index (χ1n) is 4.31. The highest BCUT2D eigenvalue weighted by molar-refractivity contribution is 6.03. The molecule has 2 aromatic carbocycles. The lowest BCUT2D eigenvalue weighted by molar-refractivity contribution is 0.112. The fourth-order valence-electron chi connectivity index (χ4n) is 1.54. The van der Waals surface area contributed by atoms with Gasteiger partial charge in [-0.1, -0.05) is 24.3 Å². The Kier molecular flexibility index (Phi) is 2.17. The van der Waals surface area contributed by atoms with Gasteiger partial charge in [0.1, 0.15) is 0 Å². The number of hydrogen-bond acceptors (Lipinski definition) is 4. The molecule has 0 heterocycles. The van der Waals surface area contributed by atoms with Crippen LogP contribution in [0.2, 0.25) is 0 Å². The van der Waals surface area contributed by atoms with E-state index in [9.17, 15) is 14.8 Å². The van der Waals surface area contributed by atoms with Crippen LogP contribution in [0, 0.1) is 4.91 Å². The molecule has 0 radical (unpaired) electrons. The van der Waals surface area contributed by atoms with Crippen molar-refractivity contribution in [2.24, 2.45) is 5.18 Å². The van der Waals surface area contributed by atoms with E-state index < -0.39 is 0 Å². The zero-order valence-corrected chi connectivity index (χ0v) is 7.68. The van der Waals surface area contributed by atoms with Gasteiger partial charge < -0.3 is 5.11 Å². The molecule has 0 aliphatic carbocycles. The van der Waals surface area contributed by atoms with Crippen LogP contribution < -0.4 is 0 Å². The minimum atomic E-state index is -0.189. The summed E-state index contributed by atoms with van der Waals surface area (Å²) in [6.45, 7) is 0. The van der Waals surface area contributed by atoms with Gasteiger partial charge in [0.15, 0.2) is 17.7 Å². The Labute approximate surface area is 85.1 Å². The fourth-order valence-corrected chi connectivity index (χ4v) is 1.54. The van der Waals surface area contributed by atoms with E-state index in [-0.39, 0.29) is 11.4 Å². The second-order valence-corrected chi connectivity index (χ2v) is 3.09.